The van der Waals surface area contributed by atoms with Gasteiger partial charge in [-0.2, -0.15) is 0 Å². The van der Waals surface area contributed by atoms with Gasteiger partial charge >= 0.3 is 0 Å². The lowest BCUT2D eigenvalue weighted by molar-refractivity contribution is 0.0263. The van der Waals surface area contributed by atoms with Crippen molar-refractivity contribution in [2.24, 2.45) is 4.99 Å². The summed E-state index contributed by atoms with van der Waals surface area (Å²) in [4.78, 5) is 7.09. The van der Waals surface area contributed by atoms with Crippen molar-refractivity contribution in [3.63, 3.8) is 0 Å². The van der Waals surface area contributed by atoms with E-state index in [9.17, 15) is 0 Å². The molecule has 1 saturated heterocycles. The van der Waals surface area contributed by atoms with Gasteiger partial charge in [-0.05, 0) is 38.8 Å². The van der Waals surface area contributed by atoms with Gasteiger partial charge in [-0.3, -0.25) is 0 Å². The van der Waals surface area contributed by atoms with Crippen molar-refractivity contribution in [3.05, 3.63) is 36.1 Å². The molecule has 1 aliphatic heterocycles. The van der Waals surface area contributed by atoms with E-state index in [0.29, 0.717) is 12.6 Å². The van der Waals surface area contributed by atoms with Crippen LogP contribution in [0.15, 0.2) is 39.7 Å². The van der Waals surface area contributed by atoms with Crippen molar-refractivity contribution >= 4 is 16.9 Å². The zero-order valence-corrected chi connectivity index (χ0v) is 14.6. The van der Waals surface area contributed by atoms with Crippen LogP contribution in [0.4, 0.5) is 0 Å². The second kappa shape index (κ2) is 8.20. The first-order valence-corrected chi connectivity index (χ1v) is 8.92. The van der Waals surface area contributed by atoms with Crippen LogP contribution in [-0.4, -0.2) is 43.2 Å². The van der Waals surface area contributed by atoms with Crippen molar-refractivity contribution in [2.45, 2.75) is 39.3 Å². The van der Waals surface area contributed by atoms with Gasteiger partial charge in [0.1, 0.15) is 17.9 Å². The average molecular weight is 329 g/mol. The Morgan fingerprint density at radius 2 is 2.08 bits per heavy atom. The molecule has 2 heterocycles. The molecule has 0 saturated carbocycles. The first kappa shape index (κ1) is 16.8. The highest BCUT2D eigenvalue weighted by atomic mass is 16.5. The fourth-order valence-electron chi connectivity index (χ4n) is 3.16. The number of aliphatic imine (C=N–C) groups is 1. The molecule has 1 aromatic carbocycles. The van der Waals surface area contributed by atoms with E-state index >= 15 is 0 Å². The number of piperidine rings is 1. The Morgan fingerprint density at radius 1 is 1.29 bits per heavy atom. The third-order valence-corrected chi connectivity index (χ3v) is 4.34. The number of hydrogen-bond donors (Lipinski definition) is 1. The van der Waals surface area contributed by atoms with Crippen LogP contribution in [0, 0.1) is 0 Å². The Hall–Kier alpha value is -2.01. The SMILES string of the molecule is CCNC(=NCc1cc2ccccc2o1)N1CCC(OCC)CC1. The zero-order chi connectivity index (χ0) is 16.8. The van der Waals surface area contributed by atoms with Gasteiger partial charge in [-0.15, -0.1) is 0 Å². The molecule has 1 fully saturated rings. The van der Waals surface area contributed by atoms with E-state index in [4.69, 9.17) is 14.1 Å². The maximum absolute atomic E-state index is 5.86. The van der Waals surface area contributed by atoms with Gasteiger partial charge in [0.15, 0.2) is 5.96 Å². The van der Waals surface area contributed by atoms with E-state index in [1.165, 1.54) is 0 Å². The van der Waals surface area contributed by atoms with E-state index in [0.717, 1.165) is 61.8 Å². The molecule has 0 bridgehead atoms. The fourth-order valence-corrected chi connectivity index (χ4v) is 3.16. The van der Waals surface area contributed by atoms with E-state index in [2.05, 4.69) is 36.2 Å². The number of para-hydroxylation sites is 1. The molecule has 0 amide bonds. The number of furan rings is 1. The molecule has 0 radical (unpaired) electrons. The maximum Gasteiger partial charge on any atom is 0.194 e. The Morgan fingerprint density at radius 3 is 2.79 bits per heavy atom. The van der Waals surface area contributed by atoms with E-state index in [1.54, 1.807) is 0 Å². The average Bonchev–Trinajstić information content (AvgIpc) is 3.02. The molecule has 130 valence electrons. The van der Waals surface area contributed by atoms with Gasteiger partial charge in [0.2, 0.25) is 0 Å². The largest absolute Gasteiger partial charge is 0.459 e. The van der Waals surface area contributed by atoms with Crippen LogP contribution in [0.25, 0.3) is 11.0 Å². The summed E-state index contributed by atoms with van der Waals surface area (Å²) in [5.41, 5.74) is 0.922. The third-order valence-electron chi connectivity index (χ3n) is 4.34. The molecule has 0 atom stereocenters. The lowest BCUT2D eigenvalue weighted by Crippen LogP contribution is -2.47. The van der Waals surface area contributed by atoms with Crippen LogP contribution in [0.5, 0.6) is 0 Å². The van der Waals surface area contributed by atoms with Crippen LogP contribution in [-0.2, 0) is 11.3 Å². The topological polar surface area (TPSA) is 50.0 Å². The third kappa shape index (κ3) is 4.09. The molecule has 0 unspecified atom stereocenters. The molecule has 0 aliphatic carbocycles. The van der Waals surface area contributed by atoms with Gasteiger partial charge in [0, 0.05) is 31.6 Å². The van der Waals surface area contributed by atoms with Crippen LogP contribution in [0.1, 0.15) is 32.4 Å². The number of ether oxygens (including phenoxy) is 1. The Balaban J connectivity index is 1.65. The normalized spacial score (nSPS) is 16.8. The summed E-state index contributed by atoms with van der Waals surface area (Å²) in [5.74, 6) is 1.86. The van der Waals surface area contributed by atoms with Gasteiger partial charge in [0.05, 0.1) is 6.10 Å². The highest BCUT2D eigenvalue weighted by molar-refractivity contribution is 5.80. The second-order valence-corrected chi connectivity index (χ2v) is 6.06. The number of rotatable bonds is 5. The fraction of sp³-hybridized carbons (Fsp3) is 0.526. The minimum absolute atomic E-state index is 0.393. The number of benzene rings is 1. The molecule has 5 heteroatoms. The van der Waals surface area contributed by atoms with E-state index in [1.807, 2.05) is 18.2 Å². The first-order valence-electron chi connectivity index (χ1n) is 8.92. The Labute approximate surface area is 143 Å². The smallest absolute Gasteiger partial charge is 0.194 e. The Bertz CT molecular complexity index is 639. The summed E-state index contributed by atoms with van der Waals surface area (Å²) in [6, 6.07) is 10.1. The summed E-state index contributed by atoms with van der Waals surface area (Å²) >= 11 is 0. The van der Waals surface area contributed by atoms with E-state index < -0.39 is 0 Å². The molecule has 5 nitrogen and oxygen atoms in total. The van der Waals surface area contributed by atoms with Gasteiger partial charge in [0.25, 0.3) is 0 Å². The molecule has 24 heavy (non-hydrogen) atoms. The molecular formula is C19H27N3O2. The minimum Gasteiger partial charge on any atom is -0.459 e. The maximum atomic E-state index is 5.86. The lowest BCUT2D eigenvalue weighted by Gasteiger charge is -2.34. The van der Waals surface area contributed by atoms with Crippen LogP contribution in [0.3, 0.4) is 0 Å². The second-order valence-electron chi connectivity index (χ2n) is 6.06. The number of likely N-dealkylation sites (tertiary alicyclic amines) is 1. The van der Waals surface area contributed by atoms with Gasteiger partial charge in [-0.25, -0.2) is 4.99 Å². The monoisotopic (exact) mass is 329 g/mol. The molecule has 3 rings (SSSR count). The predicted molar refractivity (Wildman–Crippen MR) is 97.3 cm³/mol. The van der Waals surface area contributed by atoms with Crippen LogP contribution in [0.2, 0.25) is 0 Å². The predicted octanol–water partition coefficient (Wildman–Crippen LogP) is 3.40. The molecule has 1 N–H and O–H groups in total. The highest BCUT2D eigenvalue weighted by Crippen LogP contribution is 2.20. The number of guanidine groups is 1. The number of nitrogens with zero attached hydrogens (tertiary/aromatic N) is 2. The van der Waals surface area contributed by atoms with Crippen molar-refractivity contribution < 1.29 is 9.15 Å². The van der Waals surface area contributed by atoms with Crippen molar-refractivity contribution in [2.75, 3.05) is 26.2 Å². The van der Waals surface area contributed by atoms with Crippen LogP contribution >= 0.6 is 0 Å². The summed E-state index contributed by atoms with van der Waals surface area (Å²) in [7, 11) is 0. The lowest BCUT2D eigenvalue weighted by atomic mass is 10.1. The molecule has 1 aromatic heterocycles. The summed E-state index contributed by atoms with van der Waals surface area (Å²) in [6.45, 7) is 8.35. The van der Waals surface area contributed by atoms with Crippen molar-refractivity contribution in [1.29, 1.82) is 0 Å². The standard InChI is InChI=1S/C19H27N3O2/c1-3-20-19(22-11-9-16(10-12-22)23-4-2)21-14-17-13-15-7-5-6-8-18(15)24-17/h5-8,13,16H,3-4,9-12,14H2,1-2H3,(H,20,21). The van der Waals surface area contributed by atoms with Crippen molar-refractivity contribution in [3.8, 4) is 0 Å². The first-order chi connectivity index (χ1) is 11.8. The highest BCUT2D eigenvalue weighted by Gasteiger charge is 2.21. The summed E-state index contributed by atoms with van der Waals surface area (Å²) in [5, 5.41) is 4.53. The Kier molecular flexibility index (Phi) is 5.75. The van der Waals surface area contributed by atoms with Gasteiger partial charge in [-0.1, -0.05) is 18.2 Å². The van der Waals surface area contributed by atoms with E-state index in [-0.39, 0.29) is 0 Å². The zero-order valence-electron chi connectivity index (χ0n) is 14.6. The molecule has 0 spiro atoms. The quantitative estimate of drug-likeness (QED) is 0.675. The number of hydrogen-bond acceptors (Lipinski definition) is 3. The molecular weight excluding hydrogens is 302 g/mol. The van der Waals surface area contributed by atoms with Gasteiger partial charge < -0.3 is 19.4 Å². The van der Waals surface area contributed by atoms with Crippen molar-refractivity contribution in [1.82, 2.24) is 10.2 Å². The number of fused-ring (bicyclic) bond motifs is 1. The minimum atomic E-state index is 0.393. The molecule has 2 aromatic rings. The number of nitrogens with one attached hydrogen (secondary N) is 1. The molecule has 1 aliphatic rings. The van der Waals surface area contributed by atoms with Crippen LogP contribution < -0.4 is 5.32 Å². The summed E-state index contributed by atoms with van der Waals surface area (Å²) in [6.07, 6.45) is 2.51. The summed E-state index contributed by atoms with van der Waals surface area (Å²) < 4.78 is 11.6.